The molecule has 1 aromatic carbocycles. The van der Waals surface area contributed by atoms with E-state index in [9.17, 15) is 4.39 Å². The predicted molar refractivity (Wildman–Crippen MR) is 77.4 cm³/mol. The second kappa shape index (κ2) is 7.05. The van der Waals surface area contributed by atoms with E-state index in [1.807, 2.05) is 29.8 Å². The lowest BCUT2D eigenvalue weighted by Gasteiger charge is -2.09. The molecule has 0 saturated heterocycles. The molecule has 1 aromatic heterocycles. The molecule has 0 radical (unpaired) electrons. The summed E-state index contributed by atoms with van der Waals surface area (Å²) in [4.78, 5) is 4.42. The van der Waals surface area contributed by atoms with E-state index in [1.54, 1.807) is 13.2 Å². The first kappa shape index (κ1) is 14.5. The van der Waals surface area contributed by atoms with Gasteiger partial charge >= 0.3 is 0 Å². The van der Waals surface area contributed by atoms with Crippen LogP contribution in [-0.2, 0) is 17.7 Å². The number of hydrogen-bond donors (Lipinski definition) is 1. The number of anilines is 1. The second-order valence-corrected chi connectivity index (χ2v) is 4.66. The van der Waals surface area contributed by atoms with Crippen LogP contribution in [0.15, 0.2) is 30.5 Å². The molecule has 0 fully saturated rings. The normalized spacial score (nSPS) is 10.8. The van der Waals surface area contributed by atoms with Gasteiger partial charge in [0.1, 0.15) is 5.82 Å². The first-order valence-corrected chi connectivity index (χ1v) is 6.70. The van der Waals surface area contributed by atoms with Crippen molar-refractivity contribution in [3.8, 4) is 0 Å². The van der Waals surface area contributed by atoms with Crippen LogP contribution in [0.3, 0.4) is 0 Å². The standard InChI is InChI=1S/C15H20FN3O/c1-12-11-19(15(18-12)17-8-10-20-2)9-7-13-5-3-4-6-14(13)16/h3-6,11H,7-10H2,1-2H3,(H,17,18). The Morgan fingerprint density at radius 3 is 2.90 bits per heavy atom. The van der Waals surface area contributed by atoms with Gasteiger partial charge in [0.15, 0.2) is 0 Å². The van der Waals surface area contributed by atoms with Crippen molar-refractivity contribution in [3.05, 3.63) is 47.5 Å². The Morgan fingerprint density at radius 1 is 1.35 bits per heavy atom. The van der Waals surface area contributed by atoms with E-state index >= 15 is 0 Å². The molecule has 108 valence electrons. The number of rotatable bonds is 7. The average molecular weight is 277 g/mol. The topological polar surface area (TPSA) is 39.1 Å². The molecule has 4 nitrogen and oxygen atoms in total. The number of imidazole rings is 1. The molecule has 0 aliphatic rings. The first-order chi connectivity index (χ1) is 9.70. The molecule has 1 heterocycles. The monoisotopic (exact) mass is 277 g/mol. The predicted octanol–water partition coefficient (Wildman–Crippen LogP) is 2.63. The molecule has 5 heteroatoms. The minimum atomic E-state index is -0.154. The summed E-state index contributed by atoms with van der Waals surface area (Å²) in [6.45, 7) is 3.96. The third kappa shape index (κ3) is 3.81. The average Bonchev–Trinajstić information content (AvgIpc) is 2.78. The first-order valence-electron chi connectivity index (χ1n) is 6.70. The smallest absolute Gasteiger partial charge is 0.203 e. The molecule has 0 aliphatic carbocycles. The molecule has 2 rings (SSSR count). The lowest BCUT2D eigenvalue weighted by Crippen LogP contribution is -2.13. The second-order valence-electron chi connectivity index (χ2n) is 4.66. The number of hydrogen-bond acceptors (Lipinski definition) is 3. The van der Waals surface area contributed by atoms with Crippen LogP contribution in [0, 0.1) is 12.7 Å². The van der Waals surface area contributed by atoms with Gasteiger partial charge in [0, 0.05) is 26.4 Å². The summed E-state index contributed by atoms with van der Waals surface area (Å²) in [5.41, 5.74) is 1.67. The maximum absolute atomic E-state index is 13.6. The number of benzene rings is 1. The zero-order valence-electron chi connectivity index (χ0n) is 11.9. The van der Waals surface area contributed by atoms with Crippen molar-refractivity contribution >= 4 is 5.95 Å². The summed E-state index contributed by atoms with van der Waals surface area (Å²) in [6, 6.07) is 6.87. The van der Waals surface area contributed by atoms with Crippen LogP contribution >= 0.6 is 0 Å². The van der Waals surface area contributed by atoms with E-state index < -0.39 is 0 Å². The van der Waals surface area contributed by atoms with Gasteiger partial charge in [0.25, 0.3) is 0 Å². The van der Waals surface area contributed by atoms with Gasteiger partial charge in [-0.3, -0.25) is 0 Å². The molecular formula is C15H20FN3O. The highest BCUT2D eigenvalue weighted by Crippen LogP contribution is 2.12. The summed E-state index contributed by atoms with van der Waals surface area (Å²) in [6.07, 6.45) is 2.61. The molecular weight excluding hydrogens is 257 g/mol. The quantitative estimate of drug-likeness (QED) is 0.791. The van der Waals surface area contributed by atoms with Crippen molar-refractivity contribution in [2.45, 2.75) is 19.9 Å². The molecule has 0 bridgehead atoms. The summed E-state index contributed by atoms with van der Waals surface area (Å²) >= 11 is 0. The van der Waals surface area contributed by atoms with Crippen LogP contribution in [-0.4, -0.2) is 29.8 Å². The maximum atomic E-state index is 13.6. The number of halogens is 1. The number of aryl methyl sites for hydroxylation is 3. The largest absolute Gasteiger partial charge is 0.383 e. The Bertz CT molecular complexity index is 554. The van der Waals surface area contributed by atoms with Gasteiger partial charge in [-0.25, -0.2) is 9.37 Å². The molecule has 0 spiro atoms. The fraction of sp³-hybridized carbons (Fsp3) is 0.400. The SMILES string of the molecule is COCCNc1nc(C)cn1CCc1ccccc1F. The van der Waals surface area contributed by atoms with Gasteiger partial charge in [-0.05, 0) is 25.0 Å². The van der Waals surface area contributed by atoms with E-state index in [0.29, 0.717) is 26.1 Å². The van der Waals surface area contributed by atoms with Crippen molar-refractivity contribution in [3.63, 3.8) is 0 Å². The van der Waals surface area contributed by atoms with E-state index in [2.05, 4.69) is 10.3 Å². The van der Waals surface area contributed by atoms with Crippen molar-refractivity contribution in [2.24, 2.45) is 0 Å². The third-order valence-electron chi connectivity index (χ3n) is 3.07. The van der Waals surface area contributed by atoms with Crippen molar-refractivity contribution in [1.82, 2.24) is 9.55 Å². The number of ether oxygens (including phenoxy) is 1. The van der Waals surface area contributed by atoms with E-state index in [0.717, 1.165) is 17.2 Å². The number of nitrogens with zero attached hydrogens (tertiary/aromatic N) is 2. The van der Waals surface area contributed by atoms with E-state index in [1.165, 1.54) is 6.07 Å². The van der Waals surface area contributed by atoms with Crippen LogP contribution < -0.4 is 5.32 Å². The van der Waals surface area contributed by atoms with Crippen LogP contribution in [0.25, 0.3) is 0 Å². The van der Waals surface area contributed by atoms with Gasteiger partial charge in [-0.2, -0.15) is 0 Å². The summed E-state index contributed by atoms with van der Waals surface area (Å²) in [5.74, 6) is 0.647. The highest BCUT2D eigenvalue weighted by atomic mass is 19.1. The number of methoxy groups -OCH3 is 1. The van der Waals surface area contributed by atoms with Crippen LogP contribution in [0.1, 0.15) is 11.3 Å². The molecule has 0 saturated carbocycles. The molecule has 0 unspecified atom stereocenters. The zero-order chi connectivity index (χ0) is 14.4. The number of aromatic nitrogens is 2. The van der Waals surface area contributed by atoms with Crippen LogP contribution in [0.2, 0.25) is 0 Å². The van der Waals surface area contributed by atoms with Crippen molar-refractivity contribution < 1.29 is 9.13 Å². The number of nitrogens with one attached hydrogen (secondary N) is 1. The third-order valence-corrected chi connectivity index (χ3v) is 3.07. The summed E-state index contributed by atoms with van der Waals surface area (Å²) in [7, 11) is 1.66. The Balaban J connectivity index is 2.00. The van der Waals surface area contributed by atoms with E-state index in [-0.39, 0.29) is 5.82 Å². The summed E-state index contributed by atoms with van der Waals surface area (Å²) < 4.78 is 20.6. The van der Waals surface area contributed by atoms with Gasteiger partial charge in [-0.1, -0.05) is 18.2 Å². The lowest BCUT2D eigenvalue weighted by atomic mass is 10.1. The van der Waals surface area contributed by atoms with Crippen molar-refractivity contribution in [2.75, 3.05) is 25.6 Å². The van der Waals surface area contributed by atoms with Gasteiger partial charge in [-0.15, -0.1) is 0 Å². The molecule has 0 atom stereocenters. The highest BCUT2D eigenvalue weighted by Gasteiger charge is 2.06. The Hall–Kier alpha value is -1.88. The molecule has 20 heavy (non-hydrogen) atoms. The molecule has 1 N–H and O–H groups in total. The van der Waals surface area contributed by atoms with Crippen LogP contribution in [0.4, 0.5) is 10.3 Å². The van der Waals surface area contributed by atoms with Crippen LogP contribution in [0.5, 0.6) is 0 Å². The van der Waals surface area contributed by atoms with Gasteiger partial charge in [0.05, 0.1) is 12.3 Å². The highest BCUT2D eigenvalue weighted by molar-refractivity contribution is 5.29. The van der Waals surface area contributed by atoms with Gasteiger partial charge in [0.2, 0.25) is 5.95 Å². The molecule has 0 amide bonds. The zero-order valence-corrected chi connectivity index (χ0v) is 11.9. The fourth-order valence-corrected chi connectivity index (χ4v) is 2.07. The minimum Gasteiger partial charge on any atom is -0.383 e. The Labute approximate surface area is 118 Å². The minimum absolute atomic E-state index is 0.154. The fourth-order valence-electron chi connectivity index (χ4n) is 2.07. The molecule has 0 aliphatic heterocycles. The van der Waals surface area contributed by atoms with Crippen molar-refractivity contribution in [1.29, 1.82) is 0 Å². The summed E-state index contributed by atoms with van der Waals surface area (Å²) in [5, 5.41) is 3.22. The lowest BCUT2D eigenvalue weighted by molar-refractivity contribution is 0.210. The maximum Gasteiger partial charge on any atom is 0.203 e. The Kier molecular flexibility index (Phi) is 5.12. The molecule has 2 aromatic rings. The van der Waals surface area contributed by atoms with E-state index in [4.69, 9.17) is 4.74 Å². The van der Waals surface area contributed by atoms with Gasteiger partial charge < -0.3 is 14.6 Å². The Morgan fingerprint density at radius 2 is 2.15 bits per heavy atom.